The molecular formula is C26H33FN2O4. The number of aliphatic hydroxyl groups is 1. The highest BCUT2D eigenvalue weighted by atomic mass is 19.1. The van der Waals surface area contributed by atoms with Crippen molar-refractivity contribution in [3.05, 3.63) is 71.5 Å². The van der Waals surface area contributed by atoms with Crippen LogP contribution in [0, 0.1) is 5.82 Å². The smallest absolute Gasteiger partial charge is 0.222 e. The van der Waals surface area contributed by atoms with Crippen LogP contribution in [0.3, 0.4) is 0 Å². The molecule has 6 nitrogen and oxygen atoms in total. The van der Waals surface area contributed by atoms with Gasteiger partial charge in [-0.25, -0.2) is 4.39 Å². The standard InChI is InChI=1S/C26H33FN2O4/c27-21-8-6-20(7-9-21)15-29-16-22(30)17-32-18-25-24(29)11-10-23(33-25)14-26(31)28-13-12-19-4-2-1-3-5-19/h1-9,22-25,30H,10-18H2,(H,28,31)/t22-,23-,24-,25+/m1/s1. The second-order valence-electron chi connectivity index (χ2n) is 8.98. The van der Waals surface area contributed by atoms with Crippen LogP contribution in [-0.4, -0.2) is 66.6 Å². The Kier molecular flexibility index (Phi) is 8.45. The summed E-state index contributed by atoms with van der Waals surface area (Å²) in [4.78, 5) is 14.7. The molecule has 0 unspecified atom stereocenters. The van der Waals surface area contributed by atoms with Crippen molar-refractivity contribution in [3.8, 4) is 0 Å². The van der Waals surface area contributed by atoms with Crippen LogP contribution in [0.4, 0.5) is 4.39 Å². The highest BCUT2D eigenvalue weighted by Gasteiger charge is 2.38. The quantitative estimate of drug-likeness (QED) is 0.671. The van der Waals surface area contributed by atoms with Crippen LogP contribution in [-0.2, 0) is 27.2 Å². The molecule has 0 spiro atoms. The van der Waals surface area contributed by atoms with Crippen LogP contribution in [0.1, 0.15) is 30.4 Å². The van der Waals surface area contributed by atoms with Gasteiger partial charge in [0.25, 0.3) is 0 Å². The number of benzene rings is 2. The molecule has 2 aliphatic rings. The topological polar surface area (TPSA) is 71.0 Å². The minimum absolute atomic E-state index is 0.000246. The van der Waals surface area contributed by atoms with Gasteiger partial charge in [0.2, 0.25) is 5.91 Å². The lowest BCUT2D eigenvalue weighted by Crippen LogP contribution is -2.55. The first kappa shape index (κ1) is 23.8. The summed E-state index contributed by atoms with van der Waals surface area (Å²) in [6, 6.07) is 16.6. The van der Waals surface area contributed by atoms with E-state index < -0.39 is 6.10 Å². The fourth-order valence-electron chi connectivity index (χ4n) is 4.72. The summed E-state index contributed by atoms with van der Waals surface area (Å²) in [5.41, 5.74) is 2.19. The Morgan fingerprint density at radius 2 is 1.85 bits per heavy atom. The zero-order chi connectivity index (χ0) is 23.0. The van der Waals surface area contributed by atoms with Gasteiger partial charge in [-0.05, 0) is 42.5 Å². The number of amides is 1. The number of ether oxygens (including phenoxy) is 2. The van der Waals surface area contributed by atoms with Crippen LogP contribution in [0.25, 0.3) is 0 Å². The number of aliphatic hydroxyl groups excluding tert-OH is 1. The van der Waals surface area contributed by atoms with Crippen LogP contribution < -0.4 is 5.32 Å². The zero-order valence-electron chi connectivity index (χ0n) is 18.9. The van der Waals surface area contributed by atoms with Crippen molar-refractivity contribution in [1.82, 2.24) is 10.2 Å². The van der Waals surface area contributed by atoms with Crippen molar-refractivity contribution in [2.45, 2.75) is 56.6 Å². The summed E-state index contributed by atoms with van der Waals surface area (Å²) < 4.78 is 25.3. The maximum Gasteiger partial charge on any atom is 0.222 e. The molecule has 1 amide bonds. The Labute approximate surface area is 194 Å². The minimum Gasteiger partial charge on any atom is -0.389 e. The molecule has 4 atom stereocenters. The van der Waals surface area contributed by atoms with E-state index in [4.69, 9.17) is 9.47 Å². The van der Waals surface area contributed by atoms with E-state index in [1.54, 1.807) is 12.1 Å². The summed E-state index contributed by atoms with van der Waals surface area (Å²) >= 11 is 0. The molecule has 178 valence electrons. The van der Waals surface area contributed by atoms with E-state index in [1.807, 2.05) is 18.2 Å². The molecule has 2 heterocycles. The lowest BCUT2D eigenvalue weighted by atomic mass is 9.94. The maximum absolute atomic E-state index is 13.3. The van der Waals surface area contributed by atoms with Crippen molar-refractivity contribution in [2.75, 3.05) is 26.3 Å². The molecule has 2 aromatic carbocycles. The molecule has 0 radical (unpaired) electrons. The highest BCUT2D eigenvalue weighted by Crippen LogP contribution is 2.28. The lowest BCUT2D eigenvalue weighted by Gasteiger charge is -2.44. The number of hydrogen-bond donors (Lipinski definition) is 2. The second-order valence-corrected chi connectivity index (χ2v) is 8.98. The largest absolute Gasteiger partial charge is 0.389 e. The third-order valence-corrected chi connectivity index (χ3v) is 6.38. The van der Waals surface area contributed by atoms with Gasteiger partial charge in [-0.3, -0.25) is 9.69 Å². The molecule has 0 aromatic heterocycles. The molecule has 2 aromatic rings. The van der Waals surface area contributed by atoms with Crippen LogP contribution in [0.15, 0.2) is 54.6 Å². The van der Waals surface area contributed by atoms with Crippen LogP contribution >= 0.6 is 0 Å². The molecule has 0 aliphatic carbocycles. The van der Waals surface area contributed by atoms with Crippen molar-refractivity contribution < 1.29 is 23.8 Å². The SMILES string of the molecule is O=C(C[C@H]1CC[C@@H]2[C@H](COC[C@H](O)CN2Cc2ccc(F)cc2)O1)NCCc1ccccc1. The van der Waals surface area contributed by atoms with E-state index in [1.165, 1.54) is 17.7 Å². The molecule has 2 aliphatic heterocycles. The molecule has 4 rings (SSSR count). The molecule has 2 N–H and O–H groups in total. The maximum atomic E-state index is 13.3. The summed E-state index contributed by atoms with van der Waals surface area (Å²) in [6.07, 6.45) is 1.85. The van der Waals surface area contributed by atoms with Gasteiger partial charge in [0.05, 0.1) is 37.9 Å². The molecule has 2 saturated heterocycles. The number of halogens is 1. The lowest BCUT2D eigenvalue weighted by molar-refractivity contribution is -0.158. The first-order chi connectivity index (χ1) is 16.1. The van der Waals surface area contributed by atoms with E-state index in [-0.39, 0.29) is 36.6 Å². The van der Waals surface area contributed by atoms with Crippen molar-refractivity contribution in [3.63, 3.8) is 0 Å². The summed E-state index contributed by atoms with van der Waals surface area (Å²) in [5, 5.41) is 13.3. The third kappa shape index (κ3) is 7.08. The van der Waals surface area contributed by atoms with Gasteiger partial charge in [-0.1, -0.05) is 42.5 Å². The average molecular weight is 457 g/mol. The van der Waals surface area contributed by atoms with Gasteiger partial charge in [0.1, 0.15) is 5.82 Å². The Morgan fingerprint density at radius 1 is 1.06 bits per heavy atom. The normalized spacial score (nSPS) is 26.1. The van der Waals surface area contributed by atoms with Crippen molar-refractivity contribution in [2.24, 2.45) is 0 Å². The molecular weight excluding hydrogens is 423 g/mol. The molecule has 0 bridgehead atoms. The van der Waals surface area contributed by atoms with Crippen LogP contribution in [0.2, 0.25) is 0 Å². The number of fused-ring (bicyclic) bond motifs is 1. The van der Waals surface area contributed by atoms with Gasteiger partial charge in [0.15, 0.2) is 0 Å². The number of carbonyl (C=O) groups excluding carboxylic acids is 1. The van der Waals surface area contributed by atoms with Gasteiger partial charge >= 0.3 is 0 Å². The Balaban J connectivity index is 1.30. The summed E-state index contributed by atoms with van der Waals surface area (Å²) in [6.45, 7) is 2.30. The minimum atomic E-state index is -0.584. The monoisotopic (exact) mass is 456 g/mol. The molecule has 2 fully saturated rings. The van der Waals surface area contributed by atoms with Gasteiger partial charge in [-0.15, -0.1) is 0 Å². The Morgan fingerprint density at radius 3 is 2.64 bits per heavy atom. The number of carbonyl (C=O) groups is 1. The number of β-amino-alcohol motifs (C(OH)–C–C–N with tert-alkyl or cyclic N) is 1. The van der Waals surface area contributed by atoms with E-state index in [9.17, 15) is 14.3 Å². The fourth-order valence-corrected chi connectivity index (χ4v) is 4.72. The van der Waals surface area contributed by atoms with Crippen LogP contribution in [0.5, 0.6) is 0 Å². The molecule has 7 heteroatoms. The first-order valence-electron chi connectivity index (χ1n) is 11.8. The molecule has 33 heavy (non-hydrogen) atoms. The van der Waals surface area contributed by atoms with Gasteiger partial charge in [-0.2, -0.15) is 0 Å². The van der Waals surface area contributed by atoms with E-state index in [0.717, 1.165) is 24.8 Å². The Hall–Kier alpha value is -2.32. The third-order valence-electron chi connectivity index (χ3n) is 6.38. The predicted molar refractivity (Wildman–Crippen MR) is 123 cm³/mol. The number of nitrogens with one attached hydrogen (secondary N) is 1. The first-order valence-corrected chi connectivity index (χ1v) is 11.8. The van der Waals surface area contributed by atoms with E-state index >= 15 is 0 Å². The fraction of sp³-hybridized carbons (Fsp3) is 0.500. The van der Waals surface area contributed by atoms with E-state index in [0.29, 0.717) is 32.7 Å². The predicted octanol–water partition coefficient (Wildman–Crippen LogP) is 2.68. The number of nitrogens with zero attached hydrogens (tertiary/aromatic N) is 1. The van der Waals surface area contributed by atoms with Gasteiger partial charge in [0, 0.05) is 25.7 Å². The Bertz CT molecular complexity index is 880. The van der Waals surface area contributed by atoms with Gasteiger partial charge < -0.3 is 19.9 Å². The number of rotatable bonds is 7. The van der Waals surface area contributed by atoms with Crippen molar-refractivity contribution >= 4 is 5.91 Å². The van der Waals surface area contributed by atoms with Crippen molar-refractivity contribution in [1.29, 1.82) is 0 Å². The number of hydrogen-bond acceptors (Lipinski definition) is 5. The highest BCUT2D eigenvalue weighted by molar-refractivity contribution is 5.76. The molecule has 0 saturated carbocycles. The summed E-state index contributed by atoms with van der Waals surface area (Å²) in [5.74, 6) is -0.261. The second kappa shape index (κ2) is 11.7. The zero-order valence-corrected chi connectivity index (χ0v) is 18.9. The summed E-state index contributed by atoms with van der Waals surface area (Å²) in [7, 11) is 0. The average Bonchev–Trinajstić information content (AvgIpc) is 2.80. The van der Waals surface area contributed by atoms with E-state index in [2.05, 4.69) is 22.3 Å².